The van der Waals surface area contributed by atoms with Crippen LogP contribution >= 0.6 is 0 Å². The zero-order valence-corrected chi connectivity index (χ0v) is 3.73. The quantitative estimate of drug-likeness (QED) is 0.398. The first-order valence-electron chi connectivity index (χ1n) is 2.01. The van der Waals surface area contributed by atoms with Crippen LogP contribution in [0.1, 0.15) is 14.4 Å². The van der Waals surface area contributed by atoms with Crippen LogP contribution in [0.3, 0.4) is 0 Å². The third-order valence-electron chi connectivity index (χ3n) is 1.17. The van der Waals surface area contributed by atoms with Crippen molar-refractivity contribution in [2.45, 2.75) is 20.4 Å². The number of hydrogen-bond donors (Lipinski definition) is 0. The molecule has 0 N–H and O–H groups in total. The monoisotopic (exact) mass is 87.1 g/mol. The van der Waals surface area contributed by atoms with E-state index < -0.39 is 0 Å². The second-order valence-electron chi connectivity index (χ2n) is 1.79. The number of hydrogen-bond acceptors (Lipinski definition) is 1. The van der Waals surface area contributed by atoms with Crippen LogP contribution in [0.2, 0.25) is 0 Å². The molecule has 0 saturated carbocycles. The Morgan fingerprint density at radius 2 is 1.83 bits per heavy atom. The predicted octanol–water partition coefficient (Wildman–Crippen LogP) is 0.956. The molecule has 0 aromatic rings. The third kappa shape index (κ3) is 0.977. The van der Waals surface area contributed by atoms with Gasteiger partial charge in [0.25, 0.3) is 0 Å². The normalized spacial score (nSPS) is 41.0. The lowest BCUT2D eigenvalue weighted by Crippen LogP contribution is -1.84. The van der Waals surface area contributed by atoms with Gasteiger partial charge in [0.15, 0.2) is 0 Å². The maximum absolute atomic E-state index is 2.29. The van der Waals surface area contributed by atoms with E-state index in [9.17, 15) is 0 Å². The average Bonchev–Trinajstić information content (AvgIpc) is 1.79. The van der Waals surface area contributed by atoms with Crippen molar-refractivity contribution in [1.29, 1.82) is 0 Å². The lowest BCUT2D eigenvalue weighted by molar-refractivity contribution is 0.638. The molecule has 1 nitrogen and oxygen atoms in total. The molecule has 1 fully saturated rings. The predicted molar refractivity (Wildman–Crippen MR) is 28.8 cm³/mol. The van der Waals surface area contributed by atoms with Crippen LogP contribution in [0.5, 0.6) is 0 Å². The van der Waals surface area contributed by atoms with Crippen LogP contribution in [0.25, 0.3) is 0 Å². The van der Waals surface area contributed by atoms with Crippen molar-refractivity contribution >= 4 is 0 Å². The highest BCUT2D eigenvalue weighted by Crippen LogP contribution is 2.09. The fourth-order valence-corrected chi connectivity index (χ4v) is 0.370. The standard InChI is InChI=1S/C4H9N.CH4/c1-4-3-5(4)2;/h4H,3H2,1-2H3;1H4. The lowest BCUT2D eigenvalue weighted by Gasteiger charge is -1.75. The van der Waals surface area contributed by atoms with Crippen LogP contribution in [-0.2, 0) is 0 Å². The van der Waals surface area contributed by atoms with Crippen molar-refractivity contribution in [3.63, 3.8) is 0 Å². The van der Waals surface area contributed by atoms with Gasteiger partial charge >= 0.3 is 0 Å². The number of rotatable bonds is 0. The van der Waals surface area contributed by atoms with E-state index in [2.05, 4.69) is 18.9 Å². The van der Waals surface area contributed by atoms with Crippen molar-refractivity contribution in [2.75, 3.05) is 13.6 Å². The molecule has 1 heteroatoms. The van der Waals surface area contributed by atoms with Gasteiger partial charge in [-0.2, -0.15) is 0 Å². The summed E-state index contributed by atoms with van der Waals surface area (Å²) in [7, 11) is 2.13. The Bertz CT molecular complexity index is 37.2. The molecule has 0 aliphatic carbocycles. The van der Waals surface area contributed by atoms with Gasteiger partial charge in [0.2, 0.25) is 0 Å². The Morgan fingerprint density at radius 3 is 1.83 bits per heavy atom. The molecule has 0 amide bonds. The van der Waals surface area contributed by atoms with Crippen LogP contribution in [-0.4, -0.2) is 24.5 Å². The molecule has 0 spiro atoms. The van der Waals surface area contributed by atoms with Crippen LogP contribution in [0.15, 0.2) is 0 Å². The number of likely N-dealkylation sites (N-methyl/N-ethyl adjacent to an activating group) is 1. The summed E-state index contributed by atoms with van der Waals surface area (Å²) in [4.78, 5) is 2.29. The molecule has 2 unspecified atom stereocenters. The molecule has 0 aromatic carbocycles. The fraction of sp³-hybridized carbons (Fsp3) is 1.00. The first-order chi connectivity index (χ1) is 2.30. The molecule has 1 aliphatic rings. The van der Waals surface area contributed by atoms with Gasteiger partial charge in [-0.15, -0.1) is 0 Å². The van der Waals surface area contributed by atoms with Crippen molar-refractivity contribution < 1.29 is 0 Å². The molecule has 0 radical (unpaired) electrons. The third-order valence-corrected chi connectivity index (χ3v) is 1.17. The van der Waals surface area contributed by atoms with E-state index in [1.165, 1.54) is 6.54 Å². The van der Waals surface area contributed by atoms with Gasteiger partial charge in [-0.05, 0) is 14.0 Å². The summed E-state index contributed by atoms with van der Waals surface area (Å²) in [5.41, 5.74) is 0. The summed E-state index contributed by atoms with van der Waals surface area (Å²) in [6.45, 7) is 3.53. The van der Waals surface area contributed by atoms with E-state index >= 15 is 0 Å². The zero-order chi connectivity index (χ0) is 3.86. The molecule has 2 atom stereocenters. The first kappa shape index (κ1) is 5.96. The highest BCUT2D eigenvalue weighted by Gasteiger charge is 2.22. The minimum Gasteiger partial charge on any atom is -0.301 e. The Kier molecular flexibility index (Phi) is 1.59. The first-order valence-corrected chi connectivity index (χ1v) is 2.01. The molecule has 1 aliphatic heterocycles. The maximum Gasteiger partial charge on any atom is 0.0192 e. The average molecular weight is 87.2 g/mol. The van der Waals surface area contributed by atoms with Crippen LogP contribution in [0, 0.1) is 0 Å². The van der Waals surface area contributed by atoms with Crippen molar-refractivity contribution in [3.8, 4) is 0 Å². The Labute approximate surface area is 40.0 Å². The van der Waals surface area contributed by atoms with Gasteiger partial charge < -0.3 is 4.90 Å². The Balaban J connectivity index is 0.000000250. The van der Waals surface area contributed by atoms with Crippen molar-refractivity contribution in [1.82, 2.24) is 4.90 Å². The smallest absolute Gasteiger partial charge is 0.0192 e. The summed E-state index contributed by atoms with van der Waals surface area (Å²) in [6, 6.07) is 0.884. The van der Waals surface area contributed by atoms with Crippen molar-refractivity contribution in [2.24, 2.45) is 0 Å². The largest absolute Gasteiger partial charge is 0.301 e. The van der Waals surface area contributed by atoms with Gasteiger partial charge in [-0.3, -0.25) is 0 Å². The highest BCUT2D eigenvalue weighted by atomic mass is 15.3. The van der Waals surface area contributed by atoms with Gasteiger partial charge in [-0.25, -0.2) is 0 Å². The van der Waals surface area contributed by atoms with Gasteiger partial charge in [0, 0.05) is 12.6 Å². The fourth-order valence-electron chi connectivity index (χ4n) is 0.370. The van der Waals surface area contributed by atoms with Crippen LogP contribution in [0.4, 0.5) is 0 Å². The second-order valence-corrected chi connectivity index (χ2v) is 1.79. The van der Waals surface area contributed by atoms with E-state index in [-0.39, 0.29) is 7.43 Å². The molecular formula is C5H13N. The van der Waals surface area contributed by atoms with Gasteiger partial charge in [0.1, 0.15) is 0 Å². The summed E-state index contributed by atoms with van der Waals surface area (Å²) >= 11 is 0. The van der Waals surface area contributed by atoms with E-state index in [1.54, 1.807) is 0 Å². The molecule has 38 valence electrons. The van der Waals surface area contributed by atoms with E-state index in [4.69, 9.17) is 0 Å². The minimum absolute atomic E-state index is 0. The van der Waals surface area contributed by atoms with E-state index in [0.29, 0.717) is 0 Å². The Morgan fingerprint density at radius 1 is 1.67 bits per heavy atom. The highest BCUT2D eigenvalue weighted by molar-refractivity contribution is 4.79. The molecule has 1 rings (SSSR count). The summed E-state index contributed by atoms with van der Waals surface area (Å²) < 4.78 is 0. The SMILES string of the molecule is C.CC1CN1C. The van der Waals surface area contributed by atoms with Gasteiger partial charge in [-0.1, -0.05) is 7.43 Å². The molecule has 0 bridgehead atoms. The maximum atomic E-state index is 2.29. The Hall–Kier alpha value is -0.0400. The summed E-state index contributed by atoms with van der Waals surface area (Å²) in [5, 5.41) is 0. The molecule has 1 saturated heterocycles. The topological polar surface area (TPSA) is 3.01 Å². The lowest BCUT2D eigenvalue weighted by atomic mass is 10.6. The summed E-state index contributed by atoms with van der Waals surface area (Å²) in [5.74, 6) is 0. The number of nitrogens with zero attached hydrogens (tertiary/aromatic N) is 1. The second kappa shape index (κ2) is 1.61. The zero-order valence-electron chi connectivity index (χ0n) is 3.73. The molecular weight excluding hydrogens is 74.1 g/mol. The summed E-state index contributed by atoms with van der Waals surface area (Å²) in [6.07, 6.45) is 0. The van der Waals surface area contributed by atoms with E-state index in [1.807, 2.05) is 0 Å². The van der Waals surface area contributed by atoms with E-state index in [0.717, 1.165) is 6.04 Å². The molecule has 6 heavy (non-hydrogen) atoms. The molecule has 1 heterocycles. The minimum atomic E-state index is 0. The van der Waals surface area contributed by atoms with Crippen LogP contribution < -0.4 is 0 Å². The van der Waals surface area contributed by atoms with Gasteiger partial charge in [0.05, 0.1) is 0 Å². The van der Waals surface area contributed by atoms with Crippen molar-refractivity contribution in [3.05, 3.63) is 0 Å². The molecule has 0 aromatic heterocycles.